The lowest BCUT2D eigenvalue weighted by Gasteiger charge is -2.07. The third kappa shape index (κ3) is 4.12. The van der Waals surface area contributed by atoms with Gasteiger partial charge in [-0.3, -0.25) is 14.6 Å². The molecule has 25 heavy (non-hydrogen) atoms. The highest BCUT2D eigenvalue weighted by atomic mass is 19.1. The SMILES string of the molecule is CCc1[nH]nc(NC(=O)CCCn2cccn2)c1-c1ccc(F)cc1. The summed E-state index contributed by atoms with van der Waals surface area (Å²) in [4.78, 5) is 12.2. The normalized spacial score (nSPS) is 10.8. The summed E-state index contributed by atoms with van der Waals surface area (Å²) in [5, 5.41) is 14.1. The number of aromatic nitrogens is 4. The van der Waals surface area contributed by atoms with Crippen molar-refractivity contribution >= 4 is 11.7 Å². The van der Waals surface area contributed by atoms with E-state index in [1.54, 1.807) is 23.0 Å². The average Bonchev–Trinajstić information content (AvgIpc) is 3.25. The van der Waals surface area contributed by atoms with Crippen molar-refractivity contribution in [3.8, 4) is 11.1 Å². The summed E-state index contributed by atoms with van der Waals surface area (Å²) in [6, 6.07) is 8.03. The lowest BCUT2D eigenvalue weighted by atomic mass is 10.0. The largest absolute Gasteiger partial charge is 0.309 e. The lowest BCUT2D eigenvalue weighted by Crippen LogP contribution is -2.13. The van der Waals surface area contributed by atoms with E-state index < -0.39 is 0 Å². The third-order valence-electron chi connectivity index (χ3n) is 3.94. The Morgan fingerprint density at radius 3 is 2.80 bits per heavy atom. The molecule has 0 radical (unpaired) electrons. The molecule has 1 amide bonds. The minimum atomic E-state index is -0.297. The molecule has 2 aromatic heterocycles. The Morgan fingerprint density at radius 2 is 2.12 bits per heavy atom. The molecule has 0 aliphatic heterocycles. The number of H-pyrrole nitrogens is 1. The first kappa shape index (κ1) is 16.9. The molecule has 0 unspecified atom stereocenters. The van der Waals surface area contributed by atoms with Crippen LogP contribution >= 0.6 is 0 Å². The summed E-state index contributed by atoms with van der Waals surface area (Å²) in [5.41, 5.74) is 2.53. The highest BCUT2D eigenvalue weighted by Crippen LogP contribution is 2.30. The number of carbonyl (C=O) groups excluding carboxylic acids is 1. The number of carbonyl (C=O) groups is 1. The van der Waals surface area contributed by atoms with Crippen molar-refractivity contribution in [3.05, 3.63) is 54.2 Å². The zero-order valence-electron chi connectivity index (χ0n) is 14.0. The van der Waals surface area contributed by atoms with Crippen molar-refractivity contribution in [1.82, 2.24) is 20.0 Å². The van der Waals surface area contributed by atoms with E-state index in [2.05, 4.69) is 20.6 Å². The molecular formula is C18H20FN5O. The summed E-state index contributed by atoms with van der Waals surface area (Å²) in [6.45, 7) is 2.68. The van der Waals surface area contributed by atoms with Crippen molar-refractivity contribution in [3.63, 3.8) is 0 Å². The molecule has 3 aromatic rings. The molecule has 2 N–H and O–H groups in total. The van der Waals surface area contributed by atoms with Crippen LogP contribution in [-0.4, -0.2) is 25.9 Å². The second-order valence-electron chi connectivity index (χ2n) is 5.71. The van der Waals surface area contributed by atoms with Gasteiger partial charge in [0.05, 0.1) is 0 Å². The monoisotopic (exact) mass is 341 g/mol. The van der Waals surface area contributed by atoms with E-state index in [1.807, 2.05) is 19.2 Å². The third-order valence-corrected chi connectivity index (χ3v) is 3.94. The molecule has 0 saturated heterocycles. The molecule has 6 nitrogen and oxygen atoms in total. The molecule has 130 valence electrons. The highest BCUT2D eigenvalue weighted by molar-refractivity contribution is 5.94. The van der Waals surface area contributed by atoms with E-state index in [9.17, 15) is 9.18 Å². The second kappa shape index (κ2) is 7.74. The van der Waals surface area contributed by atoms with E-state index in [4.69, 9.17) is 0 Å². The molecule has 0 bridgehead atoms. The predicted molar refractivity (Wildman–Crippen MR) is 93.5 cm³/mol. The molecule has 0 aliphatic carbocycles. The number of rotatable bonds is 7. The van der Waals surface area contributed by atoms with Crippen LogP contribution in [0.5, 0.6) is 0 Å². The summed E-state index contributed by atoms with van der Waals surface area (Å²) in [6.07, 6.45) is 5.37. The van der Waals surface area contributed by atoms with Gasteiger partial charge in [-0.1, -0.05) is 19.1 Å². The molecule has 0 saturated carbocycles. The van der Waals surface area contributed by atoms with Crippen LogP contribution in [0.15, 0.2) is 42.7 Å². The fraction of sp³-hybridized carbons (Fsp3) is 0.278. The van der Waals surface area contributed by atoms with Gasteiger partial charge in [0, 0.05) is 36.6 Å². The van der Waals surface area contributed by atoms with Crippen LogP contribution in [0.2, 0.25) is 0 Å². The van der Waals surface area contributed by atoms with Crippen molar-refractivity contribution in [2.45, 2.75) is 32.7 Å². The molecule has 7 heteroatoms. The number of aryl methyl sites for hydroxylation is 2. The first-order valence-electron chi connectivity index (χ1n) is 8.28. The van der Waals surface area contributed by atoms with Gasteiger partial charge < -0.3 is 5.32 Å². The number of halogens is 1. The number of benzene rings is 1. The molecule has 2 heterocycles. The van der Waals surface area contributed by atoms with Crippen LogP contribution in [0.25, 0.3) is 11.1 Å². The molecular weight excluding hydrogens is 321 g/mol. The molecule has 0 spiro atoms. The maximum absolute atomic E-state index is 13.2. The topological polar surface area (TPSA) is 75.6 Å². The Balaban J connectivity index is 1.68. The summed E-state index contributed by atoms with van der Waals surface area (Å²) >= 11 is 0. The van der Waals surface area contributed by atoms with Gasteiger partial charge in [0.2, 0.25) is 5.91 Å². The van der Waals surface area contributed by atoms with E-state index in [0.717, 1.165) is 23.2 Å². The Hall–Kier alpha value is -2.96. The van der Waals surface area contributed by atoms with E-state index >= 15 is 0 Å². The Kier molecular flexibility index (Phi) is 5.23. The summed E-state index contributed by atoms with van der Waals surface area (Å²) in [5.74, 6) is 0.0757. The maximum Gasteiger partial charge on any atom is 0.225 e. The number of nitrogens with one attached hydrogen (secondary N) is 2. The van der Waals surface area contributed by atoms with Crippen molar-refractivity contribution < 1.29 is 9.18 Å². The second-order valence-corrected chi connectivity index (χ2v) is 5.71. The standard InChI is InChI=1S/C18H20FN5O/c1-2-15-17(13-6-8-14(19)9-7-13)18(23-22-15)21-16(25)5-3-11-24-12-4-10-20-24/h4,6-10,12H,2-3,5,11H2,1H3,(H2,21,22,23,25). The Morgan fingerprint density at radius 1 is 1.32 bits per heavy atom. The zero-order valence-corrected chi connectivity index (χ0v) is 14.0. The first-order valence-corrected chi connectivity index (χ1v) is 8.28. The number of anilines is 1. The van der Waals surface area contributed by atoms with E-state index in [1.165, 1.54) is 12.1 Å². The smallest absolute Gasteiger partial charge is 0.225 e. The summed E-state index contributed by atoms with van der Waals surface area (Å²) in [7, 11) is 0. The quantitative estimate of drug-likeness (QED) is 0.691. The number of hydrogen-bond donors (Lipinski definition) is 2. The van der Waals surface area contributed by atoms with Gasteiger partial charge in [-0.2, -0.15) is 10.2 Å². The fourth-order valence-electron chi connectivity index (χ4n) is 2.68. The molecule has 3 rings (SSSR count). The first-order chi connectivity index (χ1) is 12.2. The van der Waals surface area contributed by atoms with Crippen LogP contribution in [-0.2, 0) is 17.8 Å². The maximum atomic E-state index is 13.2. The van der Waals surface area contributed by atoms with Gasteiger partial charge in [0.15, 0.2) is 5.82 Å². The van der Waals surface area contributed by atoms with Crippen LogP contribution in [0.1, 0.15) is 25.5 Å². The Bertz CT molecular complexity index is 824. The van der Waals surface area contributed by atoms with E-state index in [-0.39, 0.29) is 11.7 Å². The van der Waals surface area contributed by atoms with Gasteiger partial charge in [0.1, 0.15) is 5.82 Å². The zero-order chi connectivity index (χ0) is 17.6. The van der Waals surface area contributed by atoms with Gasteiger partial charge >= 0.3 is 0 Å². The lowest BCUT2D eigenvalue weighted by molar-refractivity contribution is -0.116. The predicted octanol–water partition coefficient (Wildman–Crippen LogP) is 3.39. The van der Waals surface area contributed by atoms with Crippen LogP contribution in [0, 0.1) is 5.82 Å². The van der Waals surface area contributed by atoms with Gasteiger partial charge in [-0.25, -0.2) is 4.39 Å². The van der Waals surface area contributed by atoms with Crippen LogP contribution in [0.3, 0.4) is 0 Å². The number of amides is 1. The fourth-order valence-corrected chi connectivity index (χ4v) is 2.68. The summed E-state index contributed by atoms with van der Waals surface area (Å²) < 4.78 is 15.0. The van der Waals surface area contributed by atoms with Crippen LogP contribution in [0.4, 0.5) is 10.2 Å². The van der Waals surface area contributed by atoms with Crippen LogP contribution < -0.4 is 5.32 Å². The minimum absolute atomic E-state index is 0.107. The van der Waals surface area contributed by atoms with Gasteiger partial charge in [-0.05, 0) is 36.6 Å². The van der Waals surface area contributed by atoms with Crippen molar-refractivity contribution in [2.75, 3.05) is 5.32 Å². The number of nitrogens with zero attached hydrogens (tertiary/aromatic N) is 3. The molecule has 0 fully saturated rings. The van der Waals surface area contributed by atoms with Gasteiger partial charge in [-0.15, -0.1) is 0 Å². The molecule has 0 atom stereocenters. The van der Waals surface area contributed by atoms with Crippen molar-refractivity contribution in [1.29, 1.82) is 0 Å². The van der Waals surface area contributed by atoms with Crippen molar-refractivity contribution in [2.24, 2.45) is 0 Å². The highest BCUT2D eigenvalue weighted by Gasteiger charge is 2.16. The van der Waals surface area contributed by atoms with E-state index in [0.29, 0.717) is 25.2 Å². The average molecular weight is 341 g/mol. The van der Waals surface area contributed by atoms with Gasteiger partial charge in [0.25, 0.3) is 0 Å². The minimum Gasteiger partial charge on any atom is -0.309 e. The number of hydrogen-bond acceptors (Lipinski definition) is 3. The molecule has 1 aromatic carbocycles. The number of aromatic amines is 1. The Labute approximate surface area is 145 Å². The molecule has 0 aliphatic rings.